The largest absolute Gasteiger partial charge is 0.384 e. The van der Waals surface area contributed by atoms with Gasteiger partial charge >= 0.3 is 6.03 Å². The van der Waals surface area contributed by atoms with Gasteiger partial charge in [0.25, 0.3) is 5.91 Å². The molecule has 184 valence electrons. The number of nitrogens with two attached hydrogens (primary N) is 1. The van der Waals surface area contributed by atoms with E-state index in [1.54, 1.807) is 17.0 Å². The quantitative estimate of drug-likeness (QED) is 0.646. The number of rotatable bonds is 4. The molecule has 3 amide bonds. The van der Waals surface area contributed by atoms with E-state index in [0.29, 0.717) is 61.8 Å². The van der Waals surface area contributed by atoms with Gasteiger partial charge in [-0.05, 0) is 44.4 Å². The fraction of sp³-hybridized carbons (Fsp3) is 0.500. The van der Waals surface area contributed by atoms with Gasteiger partial charge in [0.1, 0.15) is 11.9 Å². The van der Waals surface area contributed by atoms with Crippen molar-refractivity contribution in [3.8, 4) is 0 Å². The van der Waals surface area contributed by atoms with E-state index >= 15 is 0 Å². The molecule has 1 unspecified atom stereocenters. The van der Waals surface area contributed by atoms with Crippen molar-refractivity contribution in [2.45, 2.75) is 32.2 Å². The van der Waals surface area contributed by atoms with Crippen LogP contribution >= 0.6 is 11.6 Å². The molecule has 12 heteroatoms. The van der Waals surface area contributed by atoms with Crippen LogP contribution < -0.4 is 16.0 Å². The summed E-state index contributed by atoms with van der Waals surface area (Å²) in [5, 5.41) is 4.28. The summed E-state index contributed by atoms with van der Waals surface area (Å²) in [5.41, 5.74) is 7.64. The summed E-state index contributed by atoms with van der Waals surface area (Å²) in [5.74, 6) is -0.311. The number of fused-ring (bicyclic) bond motifs is 1. The lowest BCUT2D eigenvalue weighted by Gasteiger charge is -2.37. The molecule has 2 aliphatic heterocycles. The second kappa shape index (κ2) is 9.83. The number of anilines is 2. The Morgan fingerprint density at radius 1 is 1.18 bits per heavy atom. The maximum atomic E-state index is 12.9. The highest BCUT2D eigenvalue weighted by molar-refractivity contribution is 7.89. The van der Waals surface area contributed by atoms with Crippen LogP contribution in [0.4, 0.5) is 16.3 Å². The lowest BCUT2D eigenvalue weighted by atomic mass is 10.1. The van der Waals surface area contributed by atoms with Gasteiger partial charge in [-0.2, -0.15) is 0 Å². The van der Waals surface area contributed by atoms with Crippen molar-refractivity contribution >= 4 is 56.0 Å². The minimum absolute atomic E-state index is 0.151. The zero-order chi connectivity index (χ0) is 24.5. The lowest BCUT2D eigenvalue weighted by molar-refractivity contribution is -0.128. The summed E-state index contributed by atoms with van der Waals surface area (Å²) in [6.07, 6.45) is 1.68. The predicted octanol–water partition coefficient (Wildman–Crippen LogP) is 2.03. The average molecular weight is 509 g/mol. The Bertz CT molecular complexity index is 1190. The number of nitrogen functional groups attached to an aromatic ring is 1. The Labute approximate surface area is 204 Å². The number of carbonyl (C=O) groups excluding carboxylic acids is 2. The summed E-state index contributed by atoms with van der Waals surface area (Å²) < 4.78 is 25.6. The monoisotopic (exact) mass is 508 g/mol. The molecule has 3 heterocycles. The van der Waals surface area contributed by atoms with Crippen molar-refractivity contribution in [1.29, 1.82) is 0 Å². The van der Waals surface area contributed by atoms with Crippen molar-refractivity contribution in [3.05, 3.63) is 29.3 Å². The van der Waals surface area contributed by atoms with Crippen molar-refractivity contribution in [1.82, 2.24) is 19.5 Å². The summed E-state index contributed by atoms with van der Waals surface area (Å²) in [6, 6.07) is 6.10. The Hall–Kier alpha value is -2.79. The first-order valence-corrected chi connectivity index (χ1v) is 13.4. The van der Waals surface area contributed by atoms with Gasteiger partial charge in [0.2, 0.25) is 10.0 Å². The van der Waals surface area contributed by atoms with Gasteiger partial charge in [-0.3, -0.25) is 4.79 Å². The normalized spacial score (nSPS) is 19.9. The lowest BCUT2D eigenvalue weighted by Crippen LogP contribution is -2.56. The summed E-state index contributed by atoms with van der Waals surface area (Å²) in [4.78, 5) is 33.9. The third-order valence-corrected chi connectivity index (χ3v) is 8.32. The van der Waals surface area contributed by atoms with Crippen LogP contribution in [0.3, 0.4) is 0 Å². The number of halogens is 1. The van der Waals surface area contributed by atoms with Crippen LogP contribution in [0.25, 0.3) is 10.9 Å². The number of hydrogen-bond donors (Lipinski definition) is 2. The molecule has 0 spiro atoms. The maximum absolute atomic E-state index is 12.9. The molecular formula is C22H29ClN6O4S. The number of pyridine rings is 1. The average Bonchev–Trinajstić information content (AvgIpc) is 3.00. The smallest absolute Gasteiger partial charge is 0.318 e. The summed E-state index contributed by atoms with van der Waals surface area (Å²) in [6.45, 7) is 3.71. The van der Waals surface area contributed by atoms with Crippen LogP contribution in [0.1, 0.15) is 26.2 Å². The fourth-order valence-electron chi connectivity index (χ4n) is 4.43. The van der Waals surface area contributed by atoms with Crippen molar-refractivity contribution in [2.24, 2.45) is 0 Å². The molecule has 1 aromatic heterocycles. The molecule has 0 radical (unpaired) electrons. The standard InChI is InChI=1S/C22H29ClN6O4S/c1-2-34(32,33)29-8-4-3-5-17(21(29)30)26-22(31)28-11-9-27(10-12-28)19-14-20(24)25-18-13-15(23)6-7-16(18)19/h6-7,13-14,17H,2-5,8-12H2,1H3,(H2,24,25)(H,26,31). The minimum Gasteiger partial charge on any atom is -0.384 e. The maximum Gasteiger partial charge on any atom is 0.318 e. The van der Waals surface area contributed by atoms with E-state index in [9.17, 15) is 18.0 Å². The van der Waals surface area contributed by atoms with Gasteiger partial charge in [-0.15, -0.1) is 0 Å². The van der Waals surface area contributed by atoms with Gasteiger partial charge in [-0.1, -0.05) is 11.6 Å². The third-order valence-electron chi connectivity index (χ3n) is 6.32. The number of nitrogens with one attached hydrogen (secondary N) is 1. The number of hydrogen-bond acceptors (Lipinski definition) is 7. The second-order valence-corrected chi connectivity index (χ2v) is 11.1. The van der Waals surface area contributed by atoms with Crippen LogP contribution in [0, 0.1) is 0 Å². The number of benzene rings is 1. The van der Waals surface area contributed by atoms with Crippen LogP contribution in [0.2, 0.25) is 5.02 Å². The Morgan fingerprint density at radius 3 is 2.62 bits per heavy atom. The van der Waals surface area contributed by atoms with Crippen LogP contribution in [0.15, 0.2) is 24.3 Å². The molecule has 1 aromatic carbocycles. The molecular weight excluding hydrogens is 480 g/mol. The van der Waals surface area contributed by atoms with E-state index < -0.39 is 22.0 Å². The number of amides is 3. The van der Waals surface area contributed by atoms with E-state index in [2.05, 4.69) is 15.2 Å². The SMILES string of the molecule is CCS(=O)(=O)N1CCCCC(NC(=O)N2CCN(c3cc(N)nc4cc(Cl)ccc34)CC2)C1=O. The number of sulfonamides is 1. The molecule has 3 N–H and O–H groups in total. The molecule has 0 bridgehead atoms. The van der Waals surface area contributed by atoms with Gasteiger partial charge < -0.3 is 20.9 Å². The molecule has 10 nitrogen and oxygen atoms in total. The number of nitrogens with zero attached hydrogens (tertiary/aromatic N) is 4. The number of piperazine rings is 1. The number of carbonyl (C=O) groups is 2. The molecule has 4 rings (SSSR count). The number of aromatic nitrogens is 1. The van der Waals surface area contributed by atoms with Crippen molar-refractivity contribution in [3.63, 3.8) is 0 Å². The molecule has 2 saturated heterocycles. The number of urea groups is 1. The fourth-order valence-corrected chi connectivity index (χ4v) is 5.72. The highest BCUT2D eigenvalue weighted by atomic mass is 35.5. The first-order valence-electron chi connectivity index (χ1n) is 11.4. The van der Waals surface area contributed by atoms with E-state index in [-0.39, 0.29) is 18.3 Å². The minimum atomic E-state index is -3.66. The van der Waals surface area contributed by atoms with Crippen LogP contribution in [-0.4, -0.2) is 79.1 Å². The molecule has 2 fully saturated rings. The Kier molecular flexibility index (Phi) is 7.04. The van der Waals surface area contributed by atoms with E-state index in [0.717, 1.165) is 15.4 Å². The summed E-state index contributed by atoms with van der Waals surface area (Å²) in [7, 11) is -3.66. The van der Waals surface area contributed by atoms with Crippen molar-refractivity contribution < 1.29 is 18.0 Å². The Balaban J connectivity index is 1.42. The van der Waals surface area contributed by atoms with Crippen molar-refractivity contribution in [2.75, 3.05) is 49.1 Å². The first-order chi connectivity index (χ1) is 16.2. The topological polar surface area (TPSA) is 129 Å². The zero-order valence-corrected chi connectivity index (χ0v) is 20.6. The molecule has 2 aromatic rings. The van der Waals surface area contributed by atoms with E-state index in [1.165, 1.54) is 6.92 Å². The zero-order valence-electron chi connectivity index (χ0n) is 19.0. The predicted molar refractivity (Wildman–Crippen MR) is 132 cm³/mol. The van der Waals surface area contributed by atoms with Crippen LogP contribution in [-0.2, 0) is 14.8 Å². The molecule has 0 saturated carbocycles. The highest BCUT2D eigenvalue weighted by Crippen LogP contribution is 2.30. The molecule has 34 heavy (non-hydrogen) atoms. The van der Waals surface area contributed by atoms with E-state index in [1.807, 2.05) is 12.1 Å². The second-order valence-electron chi connectivity index (χ2n) is 8.51. The van der Waals surface area contributed by atoms with Crippen LogP contribution in [0.5, 0.6) is 0 Å². The summed E-state index contributed by atoms with van der Waals surface area (Å²) >= 11 is 6.10. The highest BCUT2D eigenvalue weighted by Gasteiger charge is 2.35. The molecule has 2 aliphatic rings. The molecule has 1 atom stereocenters. The van der Waals surface area contributed by atoms with Gasteiger partial charge in [0, 0.05) is 54.9 Å². The Morgan fingerprint density at radius 2 is 1.91 bits per heavy atom. The van der Waals surface area contributed by atoms with Gasteiger partial charge in [-0.25, -0.2) is 22.5 Å². The first kappa shape index (κ1) is 24.3. The van der Waals surface area contributed by atoms with Gasteiger partial charge in [0.05, 0.1) is 11.3 Å². The van der Waals surface area contributed by atoms with E-state index in [4.69, 9.17) is 17.3 Å². The molecule has 0 aliphatic carbocycles. The third kappa shape index (κ3) is 5.00. The van der Waals surface area contributed by atoms with Gasteiger partial charge in [0.15, 0.2) is 0 Å².